The molecule has 108 valence electrons. The highest BCUT2D eigenvalue weighted by Crippen LogP contribution is 2.14. The molecule has 0 bridgehead atoms. The fraction of sp³-hybridized carbons (Fsp3) is 0.526. The summed E-state index contributed by atoms with van der Waals surface area (Å²) in [7, 11) is 0. The number of para-hydroxylation sites is 1. The van der Waals surface area contributed by atoms with E-state index in [0.717, 1.165) is 11.9 Å². The quantitative estimate of drug-likeness (QED) is 0.515. The van der Waals surface area contributed by atoms with Crippen LogP contribution in [-0.2, 0) is 6.42 Å². The molecule has 1 aromatic carbocycles. The topological polar surface area (TPSA) is 12.9 Å². The van der Waals surface area contributed by atoms with Crippen LogP contribution in [0.1, 0.15) is 64.0 Å². The summed E-state index contributed by atoms with van der Waals surface area (Å²) in [5.74, 6) is 0. The summed E-state index contributed by atoms with van der Waals surface area (Å²) in [6, 6.07) is 12.7. The molecule has 0 atom stereocenters. The van der Waals surface area contributed by atoms with Gasteiger partial charge in [0.05, 0.1) is 5.52 Å². The lowest BCUT2D eigenvalue weighted by atomic mass is 10.1. The van der Waals surface area contributed by atoms with E-state index in [1.165, 1.54) is 62.4 Å². The molecule has 0 spiro atoms. The summed E-state index contributed by atoms with van der Waals surface area (Å²) in [6.07, 6.45) is 12.1. The van der Waals surface area contributed by atoms with Gasteiger partial charge in [0, 0.05) is 11.1 Å². The van der Waals surface area contributed by atoms with Gasteiger partial charge in [0.2, 0.25) is 0 Å². The summed E-state index contributed by atoms with van der Waals surface area (Å²) < 4.78 is 0. The zero-order valence-electron chi connectivity index (χ0n) is 12.8. The average molecular weight is 269 g/mol. The number of fused-ring (bicyclic) bond motifs is 1. The fourth-order valence-corrected chi connectivity index (χ4v) is 2.69. The summed E-state index contributed by atoms with van der Waals surface area (Å²) in [6.45, 7) is 2.27. The largest absolute Gasteiger partial charge is 0.253 e. The Balaban J connectivity index is 1.65. The fourth-order valence-electron chi connectivity index (χ4n) is 2.69. The van der Waals surface area contributed by atoms with Crippen molar-refractivity contribution in [2.45, 2.75) is 64.7 Å². The molecule has 0 aliphatic carbocycles. The van der Waals surface area contributed by atoms with Crippen LogP contribution in [0.25, 0.3) is 10.9 Å². The third-order valence-electron chi connectivity index (χ3n) is 3.94. The lowest BCUT2D eigenvalue weighted by Crippen LogP contribution is -1.91. The highest BCUT2D eigenvalue weighted by atomic mass is 14.7. The maximum Gasteiger partial charge on any atom is 0.0705 e. The van der Waals surface area contributed by atoms with Gasteiger partial charge in [-0.05, 0) is 25.0 Å². The Morgan fingerprint density at radius 2 is 1.45 bits per heavy atom. The van der Waals surface area contributed by atoms with Gasteiger partial charge < -0.3 is 0 Å². The second kappa shape index (κ2) is 8.73. The van der Waals surface area contributed by atoms with Crippen LogP contribution in [0.3, 0.4) is 0 Å². The second-order valence-corrected chi connectivity index (χ2v) is 5.72. The molecule has 1 nitrogen and oxygen atoms in total. The van der Waals surface area contributed by atoms with E-state index in [4.69, 9.17) is 4.98 Å². The lowest BCUT2D eigenvalue weighted by Gasteiger charge is -2.04. The Labute approximate surface area is 123 Å². The molecule has 0 saturated heterocycles. The number of rotatable bonds is 9. The van der Waals surface area contributed by atoms with E-state index in [1.54, 1.807) is 0 Å². The Morgan fingerprint density at radius 1 is 0.750 bits per heavy atom. The van der Waals surface area contributed by atoms with Crippen LogP contribution in [0.15, 0.2) is 36.4 Å². The van der Waals surface area contributed by atoms with Crippen LogP contribution < -0.4 is 0 Å². The third kappa shape index (κ3) is 4.96. The molecule has 0 saturated carbocycles. The summed E-state index contributed by atoms with van der Waals surface area (Å²) >= 11 is 0. The first-order valence-electron chi connectivity index (χ1n) is 8.25. The molecule has 2 aromatic rings. The molecule has 1 heteroatoms. The Hall–Kier alpha value is -1.37. The van der Waals surface area contributed by atoms with E-state index in [9.17, 15) is 0 Å². The van der Waals surface area contributed by atoms with Gasteiger partial charge in [-0.1, -0.05) is 76.1 Å². The normalized spacial score (nSPS) is 11.1. The molecule has 1 heterocycles. The van der Waals surface area contributed by atoms with Gasteiger partial charge in [-0.15, -0.1) is 0 Å². The molecule has 0 fully saturated rings. The number of pyridine rings is 1. The van der Waals surface area contributed by atoms with E-state index in [1.807, 2.05) is 0 Å². The Morgan fingerprint density at radius 3 is 2.25 bits per heavy atom. The molecule has 2 rings (SSSR count). The van der Waals surface area contributed by atoms with E-state index >= 15 is 0 Å². The van der Waals surface area contributed by atoms with Crippen LogP contribution in [-0.4, -0.2) is 4.98 Å². The first-order chi connectivity index (χ1) is 9.90. The monoisotopic (exact) mass is 269 g/mol. The SMILES string of the molecule is CCCCCCCCCCc1ccc2ccccc2n1. The van der Waals surface area contributed by atoms with Gasteiger partial charge in [-0.3, -0.25) is 4.98 Å². The van der Waals surface area contributed by atoms with Crippen LogP contribution in [0.4, 0.5) is 0 Å². The molecular formula is C19H27N. The van der Waals surface area contributed by atoms with Gasteiger partial charge >= 0.3 is 0 Å². The lowest BCUT2D eigenvalue weighted by molar-refractivity contribution is 0.574. The highest BCUT2D eigenvalue weighted by Gasteiger charge is 1.98. The molecule has 0 amide bonds. The van der Waals surface area contributed by atoms with Crippen molar-refractivity contribution in [2.24, 2.45) is 0 Å². The number of benzene rings is 1. The van der Waals surface area contributed by atoms with Crippen LogP contribution >= 0.6 is 0 Å². The van der Waals surface area contributed by atoms with E-state index < -0.39 is 0 Å². The standard InChI is InChI=1S/C19H27N/c1-2-3-4-5-6-7-8-9-13-18-16-15-17-12-10-11-14-19(17)20-18/h10-12,14-16H,2-9,13H2,1H3. The molecule has 0 aliphatic heterocycles. The predicted octanol–water partition coefficient (Wildman–Crippen LogP) is 5.92. The minimum Gasteiger partial charge on any atom is -0.253 e. The maximum absolute atomic E-state index is 4.73. The summed E-state index contributed by atoms with van der Waals surface area (Å²) in [4.78, 5) is 4.73. The number of hydrogen-bond donors (Lipinski definition) is 0. The minimum atomic E-state index is 1.12. The highest BCUT2D eigenvalue weighted by molar-refractivity contribution is 5.78. The Kier molecular flexibility index (Phi) is 6.56. The number of aryl methyl sites for hydroxylation is 1. The molecule has 0 N–H and O–H groups in total. The average Bonchev–Trinajstić information content (AvgIpc) is 2.50. The first-order valence-corrected chi connectivity index (χ1v) is 8.25. The van der Waals surface area contributed by atoms with Gasteiger partial charge in [-0.25, -0.2) is 0 Å². The summed E-state index contributed by atoms with van der Waals surface area (Å²) in [5, 5.41) is 1.24. The number of nitrogens with zero attached hydrogens (tertiary/aromatic N) is 1. The number of aromatic nitrogens is 1. The van der Waals surface area contributed by atoms with E-state index in [2.05, 4.69) is 43.3 Å². The van der Waals surface area contributed by atoms with Crippen molar-refractivity contribution in [2.75, 3.05) is 0 Å². The van der Waals surface area contributed by atoms with E-state index in [0.29, 0.717) is 0 Å². The minimum absolute atomic E-state index is 1.12. The molecule has 0 aliphatic rings. The van der Waals surface area contributed by atoms with Crippen molar-refractivity contribution in [3.8, 4) is 0 Å². The maximum atomic E-state index is 4.73. The second-order valence-electron chi connectivity index (χ2n) is 5.72. The van der Waals surface area contributed by atoms with E-state index in [-0.39, 0.29) is 0 Å². The van der Waals surface area contributed by atoms with Crippen molar-refractivity contribution in [1.29, 1.82) is 0 Å². The van der Waals surface area contributed by atoms with Crippen LogP contribution in [0.2, 0.25) is 0 Å². The Bertz CT molecular complexity index is 504. The molecule has 20 heavy (non-hydrogen) atoms. The third-order valence-corrected chi connectivity index (χ3v) is 3.94. The van der Waals surface area contributed by atoms with Crippen molar-refractivity contribution in [3.05, 3.63) is 42.1 Å². The molecule has 1 aromatic heterocycles. The zero-order chi connectivity index (χ0) is 14.0. The predicted molar refractivity (Wildman–Crippen MR) is 88.1 cm³/mol. The van der Waals surface area contributed by atoms with Crippen LogP contribution in [0.5, 0.6) is 0 Å². The molecule has 0 unspecified atom stereocenters. The van der Waals surface area contributed by atoms with Gasteiger partial charge in [0.15, 0.2) is 0 Å². The molecule has 0 radical (unpaired) electrons. The molecular weight excluding hydrogens is 242 g/mol. The zero-order valence-corrected chi connectivity index (χ0v) is 12.8. The first kappa shape index (κ1) is 15.0. The van der Waals surface area contributed by atoms with Gasteiger partial charge in [-0.2, -0.15) is 0 Å². The van der Waals surface area contributed by atoms with Crippen molar-refractivity contribution in [3.63, 3.8) is 0 Å². The summed E-state index contributed by atoms with van der Waals surface area (Å²) in [5.41, 5.74) is 2.37. The van der Waals surface area contributed by atoms with Gasteiger partial charge in [0.1, 0.15) is 0 Å². The van der Waals surface area contributed by atoms with Crippen molar-refractivity contribution < 1.29 is 0 Å². The smallest absolute Gasteiger partial charge is 0.0705 e. The number of hydrogen-bond acceptors (Lipinski definition) is 1. The number of unbranched alkanes of at least 4 members (excludes halogenated alkanes) is 7. The van der Waals surface area contributed by atoms with Gasteiger partial charge in [0.25, 0.3) is 0 Å². The van der Waals surface area contributed by atoms with Crippen LogP contribution in [0, 0.1) is 0 Å². The van der Waals surface area contributed by atoms with Crippen molar-refractivity contribution in [1.82, 2.24) is 4.98 Å². The van der Waals surface area contributed by atoms with Crippen molar-refractivity contribution >= 4 is 10.9 Å².